The molecule has 0 N–H and O–H groups in total. The molecule has 0 aromatic carbocycles. The van der Waals surface area contributed by atoms with E-state index in [0.717, 1.165) is 61.6 Å². The number of likely N-dealkylation sites (tertiary alicyclic amines) is 1. The molecule has 21 heavy (non-hydrogen) atoms. The van der Waals surface area contributed by atoms with Gasteiger partial charge in [-0.25, -0.2) is 0 Å². The van der Waals surface area contributed by atoms with E-state index in [0.29, 0.717) is 6.10 Å². The summed E-state index contributed by atoms with van der Waals surface area (Å²) in [5, 5.41) is 0.901. The van der Waals surface area contributed by atoms with Crippen molar-refractivity contribution < 1.29 is 14.2 Å². The molecule has 118 valence electrons. The standard InChI is InChI=1S/C15H23BrN2O3/c1-19-14-3-7-17-13(15(14)20-2)11-18-8-4-12(5-9-18)21-10-6-16/h3,7,12H,4-6,8-11H2,1-2H3. The average molecular weight is 359 g/mol. The first kappa shape index (κ1) is 16.5. The van der Waals surface area contributed by atoms with Crippen LogP contribution in [-0.2, 0) is 11.3 Å². The number of methoxy groups -OCH3 is 2. The quantitative estimate of drug-likeness (QED) is 0.700. The Morgan fingerprint density at radius 2 is 2.05 bits per heavy atom. The van der Waals surface area contributed by atoms with Crippen molar-refractivity contribution in [2.45, 2.75) is 25.5 Å². The molecule has 1 aromatic heterocycles. The molecule has 2 heterocycles. The maximum atomic E-state index is 5.78. The van der Waals surface area contributed by atoms with Gasteiger partial charge in [-0.3, -0.25) is 9.88 Å². The summed E-state index contributed by atoms with van der Waals surface area (Å²) in [5.74, 6) is 1.47. The molecule has 1 aliphatic heterocycles. The number of hydrogen-bond acceptors (Lipinski definition) is 5. The highest BCUT2D eigenvalue weighted by atomic mass is 79.9. The van der Waals surface area contributed by atoms with Crippen LogP contribution in [0.1, 0.15) is 18.5 Å². The summed E-state index contributed by atoms with van der Waals surface area (Å²) < 4.78 is 16.5. The Labute approximate surface area is 134 Å². The van der Waals surface area contributed by atoms with Crippen molar-refractivity contribution in [2.24, 2.45) is 0 Å². The van der Waals surface area contributed by atoms with Crippen molar-refractivity contribution in [1.82, 2.24) is 9.88 Å². The highest BCUT2D eigenvalue weighted by Crippen LogP contribution is 2.30. The van der Waals surface area contributed by atoms with Crippen LogP contribution in [0.5, 0.6) is 11.5 Å². The Bertz CT molecular complexity index is 437. The summed E-state index contributed by atoms with van der Waals surface area (Å²) in [5.41, 5.74) is 0.927. The Kier molecular flexibility index (Phi) is 6.73. The predicted molar refractivity (Wildman–Crippen MR) is 85.4 cm³/mol. The van der Waals surface area contributed by atoms with Gasteiger partial charge in [0.15, 0.2) is 11.5 Å². The Morgan fingerprint density at radius 3 is 2.67 bits per heavy atom. The van der Waals surface area contributed by atoms with E-state index in [1.165, 1.54) is 0 Å². The molecular weight excluding hydrogens is 336 g/mol. The van der Waals surface area contributed by atoms with E-state index in [-0.39, 0.29) is 0 Å². The molecular formula is C15H23BrN2O3. The molecule has 1 aromatic rings. The SMILES string of the molecule is COc1ccnc(CN2CCC(OCCBr)CC2)c1OC. The number of rotatable bonds is 7. The van der Waals surface area contributed by atoms with Crippen LogP contribution in [0.15, 0.2) is 12.3 Å². The minimum Gasteiger partial charge on any atom is -0.493 e. The highest BCUT2D eigenvalue weighted by Gasteiger charge is 2.21. The fraction of sp³-hybridized carbons (Fsp3) is 0.667. The predicted octanol–water partition coefficient (Wildman–Crippen LogP) is 2.47. The summed E-state index contributed by atoms with van der Waals surface area (Å²) in [7, 11) is 3.30. The van der Waals surface area contributed by atoms with E-state index in [9.17, 15) is 0 Å². The van der Waals surface area contributed by atoms with Gasteiger partial charge < -0.3 is 14.2 Å². The highest BCUT2D eigenvalue weighted by molar-refractivity contribution is 9.09. The monoisotopic (exact) mass is 358 g/mol. The van der Waals surface area contributed by atoms with Crippen LogP contribution in [0.4, 0.5) is 0 Å². The normalized spacial score (nSPS) is 16.9. The number of hydrogen-bond donors (Lipinski definition) is 0. The Balaban J connectivity index is 1.91. The second-order valence-corrected chi connectivity index (χ2v) is 5.82. The molecule has 5 nitrogen and oxygen atoms in total. The zero-order chi connectivity index (χ0) is 15.1. The van der Waals surface area contributed by atoms with Crippen LogP contribution in [0, 0.1) is 0 Å². The first-order valence-corrected chi connectivity index (χ1v) is 8.36. The summed E-state index contributed by atoms with van der Waals surface area (Å²) >= 11 is 3.39. The number of nitrogens with zero attached hydrogens (tertiary/aromatic N) is 2. The maximum absolute atomic E-state index is 5.78. The van der Waals surface area contributed by atoms with Gasteiger partial charge in [0.05, 0.1) is 26.9 Å². The molecule has 0 saturated carbocycles. The lowest BCUT2D eigenvalue weighted by Crippen LogP contribution is -2.37. The molecule has 1 aliphatic rings. The van der Waals surface area contributed by atoms with Crippen molar-refractivity contribution in [3.63, 3.8) is 0 Å². The van der Waals surface area contributed by atoms with E-state index < -0.39 is 0 Å². The molecule has 0 bridgehead atoms. The molecule has 6 heteroatoms. The van der Waals surface area contributed by atoms with Crippen molar-refractivity contribution in [1.29, 1.82) is 0 Å². The Hall–Kier alpha value is -0.850. The summed E-state index contributed by atoms with van der Waals surface area (Å²) in [4.78, 5) is 6.82. The lowest BCUT2D eigenvalue weighted by molar-refractivity contribution is 0.0137. The zero-order valence-electron chi connectivity index (χ0n) is 12.7. The topological polar surface area (TPSA) is 43.8 Å². The number of pyridine rings is 1. The van der Waals surface area contributed by atoms with Gasteiger partial charge in [0.1, 0.15) is 5.69 Å². The fourth-order valence-electron chi connectivity index (χ4n) is 2.62. The minimum atomic E-state index is 0.388. The third-order valence-electron chi connectivity index (χ3n) is 3.70. The van der Waals surface area contributed by atoms with Gasteiger partial charge in [-0.15, -0.1) is 0 Å². The number of ether oxygens (including phenoxy) is 3. The molecule has 1 fully saturated rings. The van der Waals surface area contributed by atoms with Crippen molar-refractivity contribution in [3.8, 4) is 11.5 Å². The van der Waals surface area contributed by atoms with E-state index in [1.807, 2.05) is 6.07 Å². The van der Waals surface area contributed by atoms with Crippen molar-refractivity contribution in [2.75, 3.05) is 39.2 Å². The molecule has 0 amide bonds. The molecule has 0 spiro atoms. The smallest absolute Gasteiger partial charge is 0.183 e. The average Bonchev–Trinajstić information content (AvgIpc) is 2.54. The van der Waals surface area contributed by atoms with Gasteiger partial charge in [-0.2, -0.15) is 0 Å². The second kappa shape index (κ2) is 8.56. The summed E-state index contributed by atoms with van der Waals surface area (Å²) in [6.45, 7) is 3.62. The van der Waals surface area contributed by atoms with Gasteiger partial charge in [0.2, 0.25) is 0 Å². The second-order valence-electron chi connectivity index (χ2n) is 5.03. The van der Waals surface area contributed by atoms with E-state index in [2.05, 4.69) is 25.8 Å². The van der Waals surface area contributed by atoms with Gasteiger partial charge in [-0.05, 0) is 12.8 Å². The molecule has 2 rings (SSSR count). The number of aromatic nitrogens is 1. The van der Waals surface area contributed by atoms with Gasteiger partial charge in [0.25, 0.3) is 0 Å². The van der Waals surface area contributed by atoms with Crippen molar-refractivity contribution >= 4 is 15.9 Å². The van der Waals surface area contributed by atoms with Gasteiger partial charge in [-0.1, -0.05) is 15.9 Å². The molecule has 0 aliphatic carbocycles. The molecule has 1 saturated heterocycles. The summed E-state index contributed by atoms with van der Waals surface area (Å²) in [6.07, 6.45) is 4.29. The van der Waals surface area contributed by atoms with Crippen molar-refractivity contribution in [3.05, 3.63) is 18.0 Å². The summed E-state index contributed by atoms with van der Waals surface area (Å²) in [6, 6.07) is 1.82. The minimum absolute atomic E-state index is 0.388. The van der Waals surface area contributed by atoms with Gasteiger partial charge in [0, 0.05) is 37.2 Å². The molecule has 0 unspecified atom stereocenters. The Morgan fingerprint density at radius 1 is 1.29 bits per heavy atom. The number of halogens is 1. The lowest BCUT2D eigenvalue weighted by atomic mass is 10.1. The van der Waals surface area contributed by atoms with Crippen LogP contribution in [-0.4, -0.2) is 55.2 Å². The van der Waals surface area contributed by atoms with Crippen LogP contribution in [0.2, 0.25) is 0 Å². The van der Waals surface area contributed by atoms with Crippen LogP contribution in [0.25, 0.3) is 0 Å². The molecule has 0 atom stereocenters. The van der Waals surface area contributed by atoms with E-state index >= 15 is 0 Å². The largest absolute Gasteiger partial charge is 0.493 e. The third kappa shape index (κ3) is 4.56. The fourth-order valence-corrected chi connectivity index (χ4v) is 2.81. The number of piperidine rings is 1. The van der Waals surface area contributed by atoms with E-state index in [1.54, 1.807) is 20.4 Å². The first-order valence-electron chi connectivity index (χ1n) is 7.24. The first-order chi connectivity index (χ1) is 10.3. The van der Waals surface area contributed by atoms with E-state index in [4.69, 9.17) is 14.2 Å². The van der Waals surface area contributed by atoms with Crippen LogP contribution < -0.4 is 9.47 Å². The van der Waals surface area contributed by atoms with Crippen LogP contribution in [0.3, 0.4) is 0 Å². The third-order valence-corrected chi connectivity index (χ3v) is 4.03. The van der Waals surface area contributed by atoms with Crippen LogP contribution >= 0.6 is 15.9 Å². The lowest BCUT2D eigenvalue weighted by Gasteiger charge is -2.31. The number of alkyl halides is 1. The maximum Gasteiger partial charge on any atom is 0.183 e. The molecule has 0 radical (unpaired) electrons. The zero-order valence-corrected chi connectivity index (χ0v) is 14.3. The van der Waals surface area contributed by atoms with Gasteiger partial charge >= 0.3 is 0 Å².